The average Bonchev–Trinajstić information content (AvgIpc) is 2.68. The van der Waals surface area contributed by atoms with Crippen molar-refractivity contribution in [3.63, 3.8) is 0 Å². The van der Waals surface area contributed by atoms with Crippen molar-refractivity contribution < 1.29 is 16.8 Å². The van der Waals surface area contributed by atoms with Crippen molar-refractivity contribution in [2.75, 3.05) is 5.75 Å². The number of hydrogen-bond donors (Lipinski definition) is 1. The van der Waals surface area contributed by atoms with Crippen LogP contribution in [-0.2, 0) is 26.4 Å². The number of nitrogens with zero attached hydrogens (tertiary/aromatic N) is 2. The van der Waals surface area contributed by atoms with Crippen molar-refractivity contribution in [2.24, 2.45) is 5.14 Å². The zero-order valence-electron chi connectivity index (χ0n) is 13.0. The average molecular weight is 337 g/mol. The lowest BCUT2D eigenvalue weighted by molar-refractivity contribution is 0.550. The summed E-state index contributed by atoms with van der Waals surface area (Å²) in [5, 5.41) is 4.83. The van der Waals surface area contributed by atoms with Crippen molar-refractivity contribution in [2.45, 2.75) is 56.9 Å². The third kappa shape index (κ3) is 4.27. The molecular formula is C12H23N3O4S2. The molecule has 0 bridgehead atoms. The van der Waals surface area contributed by atoms with E-state index in [-0.39, 0.29) is 23.2 Å². The number of aromatic nitrogens is 2. The quantitative estimate of drug-likeness (QED) is 0.856. The molecule has 1 aromatic rings. The van der Waals surface area contributed by atoms with Crippen molar-refractivity contribution >= 4 is 19.9 Å². The van der Waals surface area contributed by atoms with Gasteiger partial charge in [-0.3, -0.25) is 0 Å². The summed E-state index contributed by atoms with van der Waals surface area (Å²) in [4.78, 5) is 4.00. The predicted octanol–water partition coefficient (Wildman–Crippen LogP) is 0.867. The molecule has 122 valence electrons. The summed E-state index contributed by atoms with van der Waals surface area (Å²) in [5.74, 6) is 0.373. The first-order valence-electron chi connectivity index (χ1n) is 6.58. The van der Waals surface area contributed by atoms with Crippen LogP contribution in [0.5, 0.6) is 0 Å². The normalized spacial score (nSPS) is 13.9. The minimum absolute atomic E-state index is 0.0437. The molecule has 0 atom stereocenters. The van der Waals surface area contributed by atoms with Gasteiger partial charge in [-0.15, -0.1) is 0 Å². The highest BCUT2D eigenvalue weighted by molar-refractivity contribution is 7.92. The molecule has 2 N–H and O–H groups in total. The Morgan fingerprint density at radius 2 is 1.76 bits per heavy atom. The van der Waals surface area contributed by atoms with E-state index in [4.69, 9.17) is 5.14 Å². The molecule has 0 spiro atoms. The number of primary sulfonamides is 1. The summed E-state index contributed by atoms with van der Waals surface area (Å²) < 4.78 is 47.7. The molecule has 1 aromatic heterocycles. The largest absolute Gasteiger partial charge is 0.332 e. The Hall–Kier alpha value is -0.930. The van der Waals surface area contributed by atoms with E-state index in [9.17, 15) is 16.8 Å². The van der Waals surface area contributed by atoms with Crippen LogP contribution in [0.4, 0.5) is 0 Å². The molecule has 9 heteroatoms. The second kappa shape index (κ2) is 5.69. The first kappa shape index (κ1) is 18.1. The molecule has 0 aliphatic heterocycles. The molecule has 0 aromatic carbocycles. The summed E-state index contributed by atoms with van der Waals surface area (Å²) in [6, 6.07) is 0. The SMILES string of the molecule is CC(C)c1nc(S(N)(=O)=O)cn1CCS(=O)(=O)C(C)(C)C. The van der Waals surface area contributed by atoms with Gasteiger partial charge in [-0.2, -0.15) is 0 Å². The van der Waals surface area contributed by atoms with Gasteiger partial charge in [0.05, 0.1) is 10.5 Å². The van der Waals surface area contributed by atoms with Gasteiger partial charge in [-0.05, 0) is 20.8 Å². The van der Waals surface area contributed by atoms with Crippen molar-refractivity contribution in [1.82, 2.24) is 9.55 Å². The van der Waals surface area contributed by atoms with Crippen LogP contribution in [0.2, 0.25) is 0 Å². The van der Waals surface area contributed by atoms with E-state index in [1.54, 1.807) is 25.3 Å². The number of nitrogens with two attached hydrogens (primary N) is 1. The second-order valence-electron chi connectivity index (χ2n) is 6.26. The maximum Gasteiger partial charge on any atom is 0.257 e. The summed E-state index contributed by atoms with van der Waals surface area (Å²) in [5.41, 5.74) is 0. The standard InChI is InChI=1S/C12H23N3O4S2/c1-9(2)11-14-10(21(13,18)19)8-15(11)6-7-20(16,17)12(3,4)5/h8-9H,6-7H2,1-5H3,(H2,13,18,19). The van der Waals surface area contributed by atoms with Crippen LogP contribution in [0.1, 0.15) is 46.4 Å². The molecular weight excluding hydrogens is 314 g/mol. The maximum atomic E-state index is 12.1. The summed E-state index contributed by atoms with van der Waals surface area (Å²) >= 11 is 0. The van der Waals surface area contributed by atoms with E-state index in [1.807, 2.05) is 13.8 Å². The van der Waals surface area contributed by atoms with Crippen LogP contribution in [0, 0.1) is 0 Å². The molecule has 1 rings (SSSR count). The third-order valence-corrected chi connectivity index (χ3v) is 6.49. The second-order valence-corrected chi connectivity index (χ2v) is 10.6. The van der Waals surface area contributed by atoms with Crippen molar-refractivity contribution in [3.8, 4) is 0 Å². The van der Waals surface area contributed by atoms with Crippen LogP contribution in [0.3, 0.4) is 0 Å². The Morgan fingerprint density at radius 3 is 2.14 bits per heavy atom. The van der Waals surface area contributed by atoms with Crippen LogP contribution >= 0.6 is 0 Å². The van der Waals surface area contributed by atoms with Crippen LogP contribution in [0.25, 0.3) is 0 Å². The van der Waals surface area contributed by atoms with E-state index in [1.165, 1.54) is 6.20 Å². The Balaban J connectivity index is 3.12. The molecule has 0 radical (unpaired) electrons. The molecule has 0 fully saturated rings. The monoisotopic (exact) mass is 337 g/mol. The summed E-state index contributed by atoms with van der Waals surface area (Å²) in [6.45, 7) is 8.75. The van der Waals surface area contributed by atoms with E-state index >= 15 is 0 Å². The molecule has 0 saturated heterocycles. The van der Waals surface area contributed by atoms with Gasteiger partial charge in [0.2, 0.25) is 0 Å². The maximum absolute atomic E-state index is 12.1. The highest BCUT2D eigenvalue weighted by Gasteiger charge is 2.29. The number of rotatable bonds is 5. The van der Waals surface area contributed by atoms with Gasteiger partial charge in [0, 0.05) is 18.7 Å². The van der Waals surface area contributed by atoms with Gasteiger partial charge < -0.3 is 4.57 Å². The van der Waals surface area contributed by atoms with E-state index in [2.05, 4.69) is 4.98 Å². The smallest absolute Gasteiger partial charge is 0.257 e. The first-order chi connectivity index (χ1) is 9.25. The fourth-order valence-corrected chi connectivity index (χ4v) is 3.25. The number of sulfone groups is 1. The number of sulfonamides is 1. The minimum Gasteiger partial charge on any atom is -0.332 e. The first-order valence-corrected chi connectivity index (χ1v) is 9.78. The Kier molecular flexibility index (Phi) is 4.91. The summed E-state index contributed by atoms with van der Waals surface area (Å²) in [7, 11) is -7.20. The lowest BCUT2D eigenvalue weighted by atomic mass is 10.2. The highest BCUT2D eigenvalue weighted by atomic mass is 32.2. The highest BCUT2D eigenvalue weighted by Crippen LogP contribution is 2.19. The fourth-order valence-electron chi connectivity index (χ4n) is 1.71. The molecule has 0 unspecified atom stereocenters. The predicted molar refractivity (Wildman–Crippen MR) is 81.2 cm³/mol. The van der Waals surface area contributed by atoms with Gasteiger partial charge in [-0.1, -0.05) is 13.8 Å². The van der Waals surface area contributed by atoms with Crippen LogP contribution in [0.15, 0.2) is 11.2 Å². The minimum atomic E-state index is -3.90. The Labute approximate surface area is 126 Å². The molecule has 0 aliphatic carbocycles. The Bertz CT molecular complexity index is 710. The molecule has 21 heavy (non-hydrogen) atoms. The van der Waals surface area contributed by atoms with Crippen molar-refractivity contribution in [1.29, 1.82) is 0 Å². The van der Waals surface area contributed by atoms with Gasteiger partial charge in [0.1, 0.15) is 5.82 Å². The zero-order chi connectivity index (χ0) is 16.6. The molecule has 0 amide bonds. The molecule has 0 aliphatic rings. The molecule has 7 nitrogen and oxygen atoms in total. The molecule has 0 saturated carbocycles. The van der Waals surface area contributed by atoms with Crippen LogP contribution in [-0.4, -0.2) is 36.9 Å². The Morgan fingerprint density at radius 1 is 1.24 bits per heavy atom. The van der Waals surface area contributed by atoms with E-state index in [0.717, 1.165) is 0 Å². The van der Waals surface area contributed by atoms with Crippen molar-refractivity contribution in [3.05, 3.63) is 12.0 Å². The number of aryl methyl sites for hydroxylation is 1. The summed E-state index contributed by atoms with van der Waals surface area (Å²) in [6.07, 6.45) is 1.29. The number of hydrogen-bond acceptors (Lipinski definition) is 5. The fraction of sp³-hybridized carbons (Fsp3) is 0.750. The van der Waals surface area contributed by atoms with Gasteiger partial charge >= 0.3 is 0 Å². The number of imidazole rings is 1. The van der Waals surface area contributed by atoms with Gasteiger partial charge in [0.25, 0.3) is 10.0 Å². The topological polar surface area (TPSA) is 112 Å². The lowest BCUT2D eigenvalue weighted by Gasteiger charge is -2.19. The lowest BCUT2D eigenvalue weighted by Crippen LogP contribution is -2.32. The van der Waals surface area contributed by atoms with Crippen LogP contribution < -0.4 is 5.14 Å². The molecule has 1 heterocycles. The van der Waals surface area contributed by atoms with Gasteiger partial charge in [-0.25, -0.2) is 27.0 Å². The van der Waals surface area contributed by atoms with E-state index < -0.39 is 24.6 Å². The van der Waals surface area contributed by atoms with Gasteiger partial charge in [0.15, 0.2) is 14.9 Å². The third-order valence-electron chi connectivity index (χ3n) is 3.13. The zero-order valence-corrected chi connectivity index (χ0v) is 14.6. The van der Waals surface area contributed by atoms with E-state index in [0.29, 0.717) is 5.82 Å².